The van der Waals surface area contributed by atoms with Gasteiger partial charge in [-0.15, -0.1) is 0 Å². The van der Waals surface area contributed by atoms with E-state index in [4.69, 9.17) is 4.74 Å². The number of ether oxygens (including phenoxy) is 1. The molecule has 2 N–H and O–H groups in total. The van der Waals surface area contributed by atoms with Crippen molar-refractivity contribution in [3.05, 3.63) is 30.3 Å². The topological polar surface area (TPSA) is 44.7 Å². The van der Waals surface area contributed by atoms with Crippen molar-refractivity contribution >= 4 is 5.69 Å². The number of aliphatic hydroxyl groups excluding tert-OH is 1. The van der Waals surface area contributed by atoms with Crippen LogP contribution < -0.4 is 10.2 Å². The van der Waals surface area contributed by atoms with Crippen LogP contribution in [0.2, 0.25) is 0 Å². The van der Waals surface area contributed by atoms with Crippen LogP contribution in [-0.2, 0) is 4.74 Å². The van der Waals surface area contributed by atoms with Crippen molar-refractivity contribution in [3.8, 4) is 0 Å². The maximum Gasteiger partial charge on any atom is 0.142 e. The second-order valence-electron chi connectivity index (χ2n) is 3.60. The Labute approximate surface area is 89.5 Å². The van der Waals surface area contributed by atoms with E-state index in [-0.39, 0.29) is 6.23 Å². The lowest BCUT2D eigenvalue weighted by Gasteiger charge is -2.39. The summed E-state index contributed by atoms with van der Waals surface area (Å²) in [5.41, 5.74) is 1.07. The van der Waals surface area contributed by atoms with Crippen LogP contribution in [0.4, 0.5) is 5.69 Å². The van der Waals surface area contributed by atoms with E-state index in [0.29, 0.717) is 13.1 Å². The number of anilines is 1. The molecule has 1 aliphatic rings. The van der Waals surface area contributed by atoms with Gasteiger partial charge in [0, 0.05) is 19.3 Å². The number of nitrogens with zero attached hydrogens (tertiary/aromatic N) is 1. The normalized spacial score (nSPS) is 26.7. The minimum absolute atomic E-state index is 0.0178. The highest BCUT2D eigenvalue weighted by molar-refractivity contribution is 5.47. The Kier molecular flexibility index (Phi) is 3.20. The monoisotopic (exact) mass is 208 g/mol. The van der Waals surface area contributed by atoms with Crippen LogP contribution in [-0.4, -0.2) is 37.8 Å². The molecule has 4 nitrogen and oxygen atoms in total. The summed E-state index contributed by atoms with van der Waals surface area (Å²) in [6, 6.07) is 9.98. The number of rotatable bonds is 2. The summed E-state index contributed by atoms with van der Waals surface area (Å²) in [4.78, 5) is 2.06. The van der Waals surface area contributed by atoms with Crippen LogP contribution >= 0.6 is 0 Å². The van der Waals surface area contributed by atoms with Gasteiger partial charge in [0.25, 0.3) is 0 Å². The second kappa shape index (κ2) is 4.61. The van der Waals surface area contributed by atoms with Gasteiger partial charge in [0.05, 0.1) is 6.54 Å². The Balaban J connectivity index is 2.17. The molecule has 4 heteroatoms. The first kappa shape index (κ1) is 10.4. The molecule has 1 saturated heterocycles. The van der Waals surface area contributed by atoms with E-state index >= 15 is 0 Å². The first-order valence-electron chi connectivity index (χ1n) is 5.07. The van der Waals surface area contributed by atoms with Crippen molar-refractivity contribution in [2.24, 2.45) is 0 Å². The fourth-order valence-corrected chi connectivity index (χ4v) is 1.82. The van der Waals surface area contributed by atoms with Gasteiger partial charge in [-0.3, -0.25) is 5.32 Å². The Morgan fingerprint density at radius 3 is 2.80 bits per heavy atom. The van der Waals surface area contributed by atoms with Crippen LogP contribution in [0, 0.1) is 0 Å². The third-order valence-corrected chi connectivity index (χ3v) is 2.61. The van der Waals surface area contributed by atoms with Crippen LogP contribution in [0.5, 0.6) is 0 Å². The molecule has 1 aromatic rings. The highest BCUT2D eigenvalue weighted by Crippen LogP contribution is 2.18. The maximum absolute atomic E-state index is 9.55. The highest BCUT2D eigenvalue weighted by Gasteiger charge is 2.26. The molecule has 2 unspecified atom stereocenters. The van der Waals surface area contributed by atoms with Gasteiger partial charge in [0.1, 0.15) is 12.5 Å². The molecule has 82 valence electrons. The van der Waals surface area contributed by atoms with E-state index in [1.165, 1.54) is 0 Å². The van der Waals surface area contributed by atoms with Crippen LogP contribution in [0.25, 0.3) is 0 Å². The summed E-state index contributed by atoms with van der Waals surface area (Å²) in [7, 11) is 1.68. The number of piperazine rings is 1. The van der Waals surface area contributed by atoms with E-state index in [1.54, 1.807) is 7.11 Å². The number of methoxy groups -OCH3 is 1. The SMILES string of the molecule is COC1CNC(O)CN1c1ccccc1. The summed E-state index contributed by atoms with van der Waals surface area (Å²) in [6.45, 7) is 1.18. The van der Waals surface area contributed by atoms with Crippen molar-refractivity contribution in [1.82, 2.24) is 5.32 Å². The number of hydrogen-bond donors (Lipinski definition) is 2. The number of nitrogens with one attached hydrogen (secondary N) is 1. The standard InChI is InChI=1S/C11H16N2O2/c1-15-11-7-12-10(14)8-13(11)9-5-3-2-4-6-9/h2-6,10-12,14H,7-8H2,1H3. The average Bonchev–Trinajstić information content (AvgIpc) is 2.30. The minimum Gasteiger partial charge on any atom is -0.377 e. The lowest BCUT2D eigenvalue weighted by molar-refractivity contribution is 0.0335. The van der Waals surface area contributed by atoms with E-state index in [1.807, 2.05) is 30.3 Å². The Hall–Kier alpha value is -1.10. The lowest BCUT2D eigenvalue weighted by Crippen LogP contribution is -2.57. The molecule has 2 rings (SSSR count). The van der Waals surface area contributed by atoms with Crippen LogP contribution in [0.3, 0.4) is 0 Å². The zero-order chi connectivity index (χ0) is 10.7. The fraction of sp³-hybridized carbons (Fsp3) is 0.455. The van der Waals surface area contributed by atoms with Gasteiger partial charge in [0.2, 0.25) is 0 Å². The summed E-state index contributed by atoms with van der Waals surface area (Å²) in [5, 5.41) is 12.5. The summed E-state index contributed by atoms with van der Waals surface area (Å²) in [5.74, 6) is 0. The van der Waals surface area contributed by atoms with Gasteiger partial charge in [-0.2, -0.15) is 0 Å². The van der Waals surface area contributed by atoms with Gasteiger partial charge >= 0.3 is 0 Å². The minimum atomic E-state index is -0.489. The molecule has 2 atom stereocenters. The third-order valence-electron chi connectivity index (χ3n) is 2.61. The van der Waals surface area contributed by atoms with Crippen molar-refractivity contribution in [1.29, 1.82) is 0 Å². The zero-order valence-corrected chi connectivity index (χ0v) is 8.76. The molecular formula is C11H16N2O2. The number of aliphatic hydroxyl groups is 1. The average molecular weight is 208 g/mol. The van der Waals surface area contributed by atoms with Gasteiger partial charge < -0.3 is 14.7 Å². The molecule has 1 aromatic carbocycles. The predicted octanol–water partition coefficient (Wildman–Crippen LogP) is 0.387. The van der Waals surface area contributed by atoms with Gasteiger partial charge in [-0.25, -0.2) is 0 Å². The Bertz CT molecular complexity index is 305. The number of β-amino-alcohol motifs (C(OH)–C–C–N with tert-alkyl or cyclic N) is 1. The van der Waals surface area contributed by atoms with E-state index in [9.17, 15) is 5.11 Å². The molecule has 0 spiro atoms. The predicted molar refractivity (Wildman–Crippen MR) is 58.6 cm³/mol. The fourth-order valence-electron chi connectivity index (χ4n) is 1.82. The quantitative estimate of drug-likeness (QED) is 0.738. The summed E-state index contributed by atoms with van der Waals surface area (Å²) >= 11 is 0. The first-order valence-corrected chi connectivity index (χ1v) is 5.07. The molecule has 1 heterocycles. The molecule has 0 radical (unpaired) electrons. The van der Waals surface area contributed by atoms with Crippen molar-refractivity contribution < 1.29 is 9.84 Å². The largest absolute Gasteiger partial charge is 0.377 e. The molecule has 0 aromatic heterocycles. The summed E-state index contributed by atoms with van der Waals surface area (Å²) < 4.78 is 5.36. The lowest BCUT2D eigenvalue weighted by atomic mass is 10.2. The second-order valence-corrected chi connectivity index (χ2v) is 3.60. The molecule has 1 fully saturated rings. The van der Waals surface area contributed by atoms with E-state index in [0.717, 1.165) is 5.69 Å². The molecule has 1 aliphatic heterocycles. The number of benzene rings is 1. The number of para-hydroxylation sites is 1. The van der Waals surface area contributed by atoms with Gasteiger partial charge in [-0.1, -0.05) is 18.2 Å². The number of hydrogen-bond acceptors (Lipinski definition) is 4. The molecular weight excluding hydrogens is 192 g/mol. The smallest absolute Gasteiger partial charge is 0.142 e. The Morgan fingerprint density at radius 2 is 2.13 bits per heavy atom. The highest BCUT2D eigenvalue weighted by atomic mass is 16.5. The van der Waals surface area contributed by atoms with Crippen molar-refractivity contribution in [2.75, 3.05) is 25.1 Å². The van der Waals surface area contributed by atoms with Gasteiger partial charge in [0.15, 0.2) is 0 Å². The Morgan fingerprint density at radius 1 is 1.40 bits per heavy atom. The molecule has 0 bridgehead atoms. The molecule has 0 aliphatic carbocycles. The molecule has 0 saturated carbocycles. The molecule has 15 heavy (non-hydrogen) atoms. The van der Waals surface area contributed by atoms with Crippen molar-refractivity contribution in [3.63, 3.8) is 0 Å². The maximum atomic E-state index is 9.55. The van der Waals surface area contributed by atoms with Crippen LogP contribution in [0.15, 0.2) is 30.3 Å². The first-order chi connectivity index (χ1) is 7.31. The van der Waals surface area contributed by atoms with Gasteiger partial charge in [-0.05, 0) is 12.1 Å². The summed E-state index contributed by atoms with van der Waals surface area (Å²) in [6.07, 6.45) is -0.507. The third kappa shape index (κ3) is 2.28. The van der Waals surface area contributed by atoms with E-state index < -0.39 is 6.23 Å². The van der Waals surface area contributed by atoms with E-state index in [2.05, 4.69) is 10.2 Å². The molecule has 0 amide bonds. The zero-order valence-electron chi connectivity index (χ0n) is 8.76. The van der Waals surface area contributed by atoms with Crippen molar-refractivity contribution in [2.45, 2.75) is 12.5 Å². The van der Waals surface area contributed by atoms with Crippen LogP contribution in [0.1, 0.15) is 0 Å².